The summed E-state index contributed by atoms with van der Waals surface area (Å²) >= 11 is 0. The van der Waals surface area contributed by atoms with E-state index in [2.05, 4.69) is 10.6 Å². The molecule has 1 atom stereocenters. The molecule has 132 valence electrons. The molecule has 1 amide bonds. The number of carbonyl (C=O) groups excluding carboxylic acids is 1. The van der Waals surface area contributed by atoms with Crippen LogP contribution in [-0.2, 0) is 0 Å². The maximum atomic E-state index is 13.1. The molecule has 1 aliphatic heterocycles. The fraction of sp³-hybridized carbons (Fsp3) is 0.350. The maximum absolute atomic E-state index is 13.1. The lowest BCUT2D eigenvalue weighted by Crippen LogP contribution is -2.43. The van der Waals surface area contributed by atoms with Gasteiger partial charge >= 0.3 is 0 Å². The first-order chi connectivity index (χ1) is 12.1. The first kappa shape index (κ1) is 17.6. The third-order valence-electron chi connectivity index (χ3n) is 4.64. The molecule has 5 heteroatoms. The zero-order chi connectivity index (χ0) is 17.7. The number of rotatable bonds is 4. The van der Waals surface area contributed by atoms with E-state index in [9.17, 15) is 14.3 Å². The van der Waals surface area contributed by atoms with Crippen LogP contribution in [0.4, 0.5) is 4.39 Å². The van der Waals surface area contributed by atoms with Gasteiger partial charge in [0.15, 0.2) is 0 Å². The van der Waals surface area contributed by atoms with Crippen molar-refractivity contribution >= 4 is 5.91 Å². The minimum atomic E-state index is -0.853. The number of hydrogen-bond donors (Lipinski definition) is 3. The second-order valence-corrected chi connectivity index (χ2v) is 6.60. The second kappa shape index (κ2) is 7.76. The quantitative estimate of drug-likeness (QED) is 0.801. The predicted octanol–water partition coefficient (Wildman–Crippen LogP) is 2.73. The Balaban J connectivity index is 1.68. The van der Waals surface area contributed by atoms with E-state index in [-0.39, 0.29) is 18.3 Å². The molecule has 0 radical (unpaired) electrons. The molecule has 0 saturated carbocycles. The lowest BCUT2D eigenvalue weighted by molar-refractivity contribution is 0.0276. The molecule has 0 aliphatic carbocycles. The van der Waals surface area contributed by atoms with Crippen molar-refractivity contribution in [2.75, 3.05) is 19.6 Å². The Morgan fingerprint density at radius 1 is 1.12 bits per heavy atom. The van der Waals surface area contributed by atoms with Gasteiger partial charge in [0.05, 0.1) is 5.60 Å². The van der Waals surface area contributed by atoms with Gasteiger partial charge in [-0.15, -0.1) is 0 Å². The number of benzene rings is 2. The van der Waals surface area contributed by atoms with Gasteiger partial charge in [-0.1, -0.05) is 24.3 Å². The van der Waals surface area contributed by atoms with E-state index in [1.54, 1.807) is 30.3 Å². The number of hydrogen-bond acceptors (Lipinski definition) is 3. The van der Waals surface area contributed by atoms with E-state index in [1.807, 2.05) is 6.07 Å². The Morgan fingerprint density at radius 2 is 1.92 bits per heavy atom. The van der Waals surface area contributed by atoms with Crippen LogP contribution in [0.25, 0.3) is 11.1 Å². The summed E-state index contributed by atoms with van der Waals surface area (Å²) in [4.78, 5) is 12.5. The summed E-state index contributed by atoms with van der Waals surface area (Å²) in [5, 5.41) is 16.7. The Kier molecular flexibility index (Phi) is 5.46. The minimum Gasteiger partial charge on any atom is -0.388 e. The number of carbonyl (C=O) groups is 1. The highest BCUT2D eigenvalue weighted by atomic mass is 19.1. The Labute approximate surface area is 147 Å². The van der Waals surface area contributed by atoms with E-state index in [0.717, 1.165) is 30.6 Å². The molecule has 1 aliphatic rings. The van der Waals surface area contributed by atoms with Crippen molar-refractivity contribution in [1.82, 2.24) is 10.6 Å². The van der Waals surface area contributed by atoms with Crippen LogP contribution in [0.1, 0.15) is 29.6 Å². The van der Waals surface area contributed by atoms with Crippen LogP contribution in [-0.4, -0.2) is 36.2 Å². The highest BCUT2D eigenvalue weighted by molar-refractivity contribution is 5.95. The van der Waals surface area contributed by atoms with Crippen molar-refractivity contribution in [3.05, 3.63) is 59.9 Å². The van der Waals surface area contributed by atoms with Gasteiger partial charge in [0.1, 0.15) is 5.82 Å². The molecule has 1 saturated heterocycles. The Bertz CT molecular complexity index is 723. The van der Waals surface area contributed by atoms with Gasteiger partial charge in [-0.05, 0) is 67.7 Å². The summed E-state index contributed by atoms with van der Waals surface area (Å²) in [5.74, 6) is -0.502. The Morgan fingerprint density at radius 3 is 2.72 bits per heavy atom. The SMILES string of the molecule is O=C(NC[C@]1(O)CCCNCC1)c1cccc(-c2ccc(F)cc2)c1. The average Bonchev–Trinajstić information content (AvgIpc) is 2.85. The van der Waals surface area contributed by atoms with Crippen LogP contribution in [0.3, 0.4) is 0 Å². The fourth-order valence-electron chi connectivity index (χ4n) is 3.12. The van der Waals surface area contributed by atoms with Crippen LogP contribution < -0.4 is 10.6 Å². The lowest BCUT2D eigenvalue weighted by atomic mass is 9.94. The molecule has 1 heterocycles. The summed E-state index contributed by atoms with van der Waals surface area (Å²) in [6.07, 6.45) is 2.20. The molecule has 2 aromatic carbocycles. The van der Waals surface area contributed by atoms with E-state index in [4.69, 9.17) is 0 Å². The highest BCUT2D eigenvalue weighted by Crippen LogP contribution is 2.22. The molecule has 0 unspecified atom stereocenters. The van der Waals surface area contributed by atoms with Crippen molar-refractivity contribution in [3.63, 3.8) is 0 Å². The van der Waals surface area contributed by atoms with Crippen LogP contribution in [0.5, 0.6) is 0 Å². The van der Waals surface area contributed by atoms with Crippen LogP contribution in [0.15, 0.2) is 48.5 Å². The molecule has 25 heavy (non-hydrogen) atoms. The Hall–Kier alpha value is -2.24. The fourth-order valence-corrected chi connectivity index (χ4v) is 3.12. The van der Waals surface area contributed by atoms with Crippen molar-refractivity contribution in [2.24, 2.45) is 0 Å². The molecule has 0 bridgehead atoms. The molecule has 2 aromatic rings. The number of halogens is 1. The second-order valence-electron chi connectivity index (χ2n) is 6.60. The van der Waals surface area contributed by atoms with Gasteiger partial charge in [-0.2, -0.15) is 0 Å². The van der Waals surface area contributed by atoms with E-state index in [1.165, 1.54) is 12.1 Å². The van der Waals surface area contributed by atoms with E-state index < -0.39 is 5.60 Å². The standard InChI is InChI=1S/C20H23FN2O2/c21-18-7-5-15(6-8-18)16-3-1-4-17(13-16)19(24)23-14-20(25)9-2-11-22-12-10-20/h1,3-8,13,22,25H,2,9-12,14H2,(H,23,24)/t20-/m0/s1. The maximum Gasteiger partial charge on any atom is 0.251 e. The number of nitrogens with one attached hydrogen (secondary N) is 2. The zero-order valence-electron chi connectivity index (χ0n) is 14.1. The predicted molar refractivity (Wildman–Crippen MR) is 95.8 cm³/mol. The lowest BCUT2D eigenvalue weighted by Gasteiger charge is -2.26. The molecular weight excluding hydrogens is 319 g/mol. The summed E-state index contributed by atoms with van der Waals surface area (Å²) in [5.41, 5.74) is 1.38. The first-order valence-corrected chi connectivity index (χ1v) is 8.63. The van der Waals surface area contributed by atoms with Crippen molar-refractivity contribution in [1.29, 1.82) is 0 Å². The zero-order valence-corrected chi connectivity index (χ0v) is 14.1. The number of amides is 1. The van der Waals surface area contributed by atoms with Crippen molar-refractivity contribution < 1.29 is 14.3 Å². The first-order valence-electron chi connectivity index (χ1n) is 8.63. The van der Waals surface area contributed by atoms with Gasteiger partial charge in [-0.3, -0.25) is 4.79 Å². The van der Waals surface area contributed by atoms with Crippen LogP contribution in [0.2, 0.25) is 0 Å². The van der Waals surface area contributed by atoms with Gasteiger partial charge in [0.2, 0.25) is 0 Å². The normalized spacial score (nSPS) is 20.7. The topological polar surface area (TPSA) is 61.4 Å². The molecule has 1 fully saturated rings. The minimum absolute atomic E-state index is 0.213. The molecular formula is C20H23FN2O2. The summed E-state index contributed by atoms with van der Waals surface area (Å²) in [7, 11) is 0. The summed E-state index contributed by atoms with van der Waals surface area (Å²) in [6.45, 7) is 1.90. The van der Waals surface area contributed by atoms with Gasteiger partial charge < -0.3 is 15.7 Å². The van der Waals surface area contributed by atoms with Gasteiger partial charge in [0, 0.05) is 12.1 Å². The summed E-state index contributed by atoms with van der Waals surface area (Å²) < 4.78 is 13.1. The largest absolute Gasteiger partial charge is 0.388 e. The molecule has 0 spiro atoms. The van der Waals surface area contributed by atoms with Crippen molar-refractivity contribution in [2.45, 2.75) is 24.9 Å². The molecule has 3 rings (SSSR count). The third kappa shape index (κ3) is 4.65. The van der Waals surface area contributed by atoms with Gasteiger partial charge in [-0.25, -0.2) is 4.39 Å². The summed E-state index contributed by atoms with van der Waals surface area (Å²) in [6, 6.07) is 13.4. The molecule has 3 N–H and O–H groups in total. The van der Waals surface area contributed by atoms with Gasteiger partial charge in [0.25, 0.3) is 5.91 Å². The molecule has 0 aromatic heterocycles. The molecule has 4 nitrogen and oxygen atoms in total. The van der Waals surface area contributed by atoms with Crippen LogP contribution >= 0.6 is 0 Å². The third-order valence-corrected chi connectivity index (χ3v) is 4.64. The van der Waals surface area contributed by atoms with E-state index >= 15 is 0 Å². The smallest absolute Gasteiger partial charge is 0.251 e. The number of aliphatic hydroxyl groups is 1. The average molecular weight is 342 g/mol. The monoisotopic (exact) mass is 342 g/mol. The van der Waals surface area contributed by atoms with E-state index in [0.29, 0.717) is 18.4 Å². The van der Waals surface area contributed by atoms with Crippen molar-refractivity contribution in [3.8, 4) is 11.1 Å². The highest BCUT2D eigenvalue weighted by Gasteiger charge is 2.28. The van der Waals surface area contributed by atoms with Crippen LogP contribution in [0, 0.1) is 5.82 Å².